The third-order valence-electron chi connectivity index (χ3n) is 1.49. The number of hydrogen-bond acceptors (Lipinski definition) is 3. The number of rotatable bonds is 3. The van der Waals surface area contributed by atoms with Crippen LogP contribution in [0, 0.1) is 0 Å². The van der Waals surface area contributed by atoms with Gasteiger partial charge >= 0.3 is 0 Å². The van der Waals surface area contributed by atoms with E-state index in [2.05, 4.69) is 4.98 Å². The molecule has 0 spiro atoms. The second-order valence-corrected chi connectivity index (χ2v) is 5.62. The Hall–Kier alpha value is -0.940. The standard InChI is InChI=1S/C9H12NO3S/c1-9(2,11)7-14(12,13)8-5-3-4-6-10-8/h3-6H,7H2,1-2H3. The lowest BCUT2D eigenvalue weighted by Crippen LogP contribution is -2.29. The molecule has 0 N–H and O–H groups in total. The summed E-state index contributed by atoms with van der Waals surface area (Å²) < 4.78 is 23.2. The van der Waals surface area contributed by atoms with Gasteiger partial charge in [0.25, 0.3) is 0 Å². The van der Waals surface area contributed by atoms with E-state index in [1.165, 1.54) is 26.1 Å². The summed E-state index contributed by atoms with van der Waals surface area (Å²) in [6.07, 6.45) is 1.39. The minimum absolute atomic E-state index is 0.0380. The number of hydrogen-bond donors (Lipinski definition) is 0. The Bertz CT molecular complexity index is 392. The lowest BCUT2D eigenvalue weighted by Gasteiger charge is -2.13. The Labute approximate surface area is 83.5 Å². The number of nitrogens with zero attached hydrogens (tertiary/aromatic N) is 1. The van der Waals surface area contributed by atoms with Crippen LogP contribution in [0.3, 0.4) is 0 Å². The van der Waals surface area contributed by atoms with Crippen LogP contribution < -0.4 is 0 Å². The first-order valence-electron chi connectivity index (χ1n) is 4.15. The molecular formula is C9H12NO3S. The fraction of sp³-hybridized carbons (Fsp3) is 0.444. The van der Waals surface area contributed by atoms with Crippen LogP contribution in [0.1, 0.15) is 13.8 Å². The zero-order valence-electron chi connectivity index (χ0n) is 8.10. The van der Waals surface area contributed by atoms with Crippen molar-refractivity contribution in [2.75, 3.05) is 5.75 Å². The molecule has 0 aliphatic rings. The molecule has 0 aromatic carbocycles. The van der Waals surface area contributed by atoms with Crippen molar-refractivity contribution in [3.63, 3.8) is 0 Å². The van der Waals surface area contributed by atoms with Gasteiger partial charge in [0, 0.05) is 6.20 Å². The van der Waals surface area contributed by atoms with E-state index in [1.807, 2.05) is 0 Å². The highest BCUT2D eigenvalue weighted by atomic mass is 32.2. The van der Waals surface area contributed by atoms with Gasteiger partial charge in [-0.15, -0.1) is 0 Å². The molecule has 0 aliphatic carbocycles. The molecule has 1 rings (SSSR count). The molecule has 1 aromatic rings. The first-order valence-corrected chi connectivity index (χ1v) is 5.81. The van der Waals surface area contributed by atoms with Crippen molar-refractivity contribution in [3.05, 3.63) is 24.4 Å². The zero-order valence-corrected chi connectivity index (χ0v) is 8.91. The third kappa shape index (κ3) is 3.08. The molecule has 0 atom stereocenters. The summed E-state index contributed by atoms with van der Waals surface area (Å²) in [4.78, 5) is 3.71. The minimum atomic E-state index is -3.54. The van der Waals surface area contributed by atoms with E-state index >= 15 is 0 Å². The molecule has 1 aromatic heterocycles. The summed E-state index contributed by atoms with van der Waals surface area (Å²) >= 11 is 0. The predicted molar refractivity (Wildman–Crippen MR) is 51.1 cm³/mol. The molecule has 5 heteroatoms. The van der Waals surface area contributed by atoms with Gasteiger partial charge in [-0.3, -0.25) is 0 Å². The smallest absolute Gasteiger partial charge is 0.198 e. The maximum absolute atomic E-state index is 11.6. The van der Waals surface area contributed by atoms with E-state index in [-0.39, 0.29) is 5.03 Å². The Kier molecular flexibility index (Phi) is 2.92. The van der Waals surface area contributed by atoms with Gasteiger partial charge in [0.05, 0.1) is 5.75 Å². The van der Waals surface area contributed by atoms with Crippen LogP contribution in [0.25, 0.3) is 0 Å². The lowest BCUT2D eigenvalue weighted by molar-refractivity contribution is 0.0249. The van der Waals surface area contributed by atoms with Crippen LogP contribution in [0.2, 0.25) is 0 Å². The summed E-state index contributed by atoms with van der Waals surface area (Å²) in [6.45, 7) is 2.68. The minimum Gasteiger partial charge on any atom is -0.245 e. The molecule has 0 aliphatic heterocycles. The second kappa shape index (κ2) is 3.67. The molecule has 0 saturated carbocycles. The Balaban J connectivity index is 2.99. The monoisotopic (exact) mass is 214 g/mol. The van der Waals surface area contributed by atoms with Gasteiger partial charge in [0.1, 0.15) is 5.60 Å². The van der Waals surface area contributed by atoms with E-state index in [1.54, 1.807) is 12.1 Å². The lowest BCUT2D eigenvalue weighted by atomic mass is 10.2. The van der Waals surface area contributed by atoms with Gasteiger partial charge in [-0.05, 0) is 26.0 Å². The summed E-state index contributed by atoms with van der Waals surface area (Å²) in [5.41, 5.74) is -1.49. The van der Waals surface area contributed by atoms with Gasteiger partial charge in [-0.1, -0.05) is 6.07 Å². The van der Waals surface area contributed by atoms with Gasteiger partial charge in [0.15, 0.2) is 14.9 Å². The maximum Gasteiger partial charge on any atom is 0.198 e. The first-order chi connectivity index (χ1) is 6.31. The Morgan fingerprint density at radius 1 is 1.36 bits per heavy atom. The molecule has 1 heterocycles. The molecule has 77 valence electrons. The van der Waals surface area contributed by atoms with Crippen LogP contribution in [-0.2, 0) is 14.9 Å². The average molecular weight is 214 g/mol. The molecule has 4 nitrogen and oxygen atoms in total. The molecular weight excluding hydrogens is 202 g/mol. The molecule has 0 saturated heterocycles. The van der Waals surface area contributed by atoms with Crippen molar-refractivity contribution in [3.8, 4) is 0 Å². The van der Waals surface area contributed by atoms with Gasteiger partial charge < -0.3 is 0 Å². The highest BCUT2D eigenvalue weighted by Crippen LogP contribution is 2.13. The quantitative estimate of drug-likeness (QED) is 0.755. The topological polar surface area (TPSA) is 66.9 Å². The highest BCUT2D eigenvalue weighted by Gasteiger charge is 2.27. The number of sulfone groups is 1. The van der Waals surface area contributed by atoms with Crippen molar-refractivity contribution in [2.24, 2.45) is 0 Å². The molecule has 0 fully saturated rings. The average Bonchev–Trinajstić information content (AvgIpc) is 2.01. The number of pyridine rings is 1. The van der Waals surface area contributed by atoms with E-state index in [4.69, 9.17) is 0 Å². The van der Waals surface area contributed by atoms with Gasteiger partial charge in [-0.2, -0.15) is 0 Å². The molecule has 0 unspecified atom stereocenters. The van der Waals surface area contributed by atoms with Crippen LogP contribution >= 0.6 is 0 Å². The third-order valence-corrected chi connectivity index (χ3v) is 3.45. The van der Waals surface area contributed by atoms with Gasteiger partial charge in [-0.25, -0.2) is 18.5 Å². The normalized spacial score (nSPS) is 12.8. The fourth-order valence-corrected chi connectivity index (χ4v) is 2.63. The van der Waals surface area contributed by atoms with Crippen molar-refractivity contribution < 1.29 is 13.5 Å². The summed E-state index contributed by atoms with van der Waals surface area (Å²) in [7, 11) is -3.54. The van der Waals surface area contributed by atoms with E-state index in [0.717, 1.165) is 0 Å². The van der Waals surface area contributed by atoms with Crippen molar-refractivity contribution in [2.45, 2.75) is 24.5 Å². The van der Waals surface area contributed by atoms with Crippen LogP contribution in [0.15, 0.2) is 29.4 Å². The van der Waals surface area contributed by atoms with Gasteiger partial charge in [0.2, 0.25) is 0 Å². The van der Waals surface area contributed by atoms with E-state index in [9.17, 15) is 13.5 Å². The predicted octanol–water partition coefficient (Wildman–Crippen LogP) is 1.06. The van der Waals surface area contributed by atoms with Crippen molar-refractivity contribution >= 4 is 9.84 Å². The summed E-state index contributed by atoms with van der Waals surface area (Å²) in [5, 5.41) is 11.2. The van der Waals surface area contributed by atoms with E-state index < -0.39 is 21.2 Å². The molecule has 1 radical (unpaired) electrons. The second-order valence-electron chi connectivity index (χ2n) is 3.69. The summed E-state index contributed by atoms with van der Waals surface area (Å²) in [6, 6.07) is 4.60. The Morgan fingerprint density at radius 2 is 2.00 bits per heavy atom. The number of aromatic nitrogens is 1. The SMILES string of the molecule is CC(C)([O])CS(=O)(=O)c1ccccn1. The maximum atomic E-state index is 11.6. The van der Waals surface area contributed by atoms with E-state index in [0.29, 0.717) is 0 Å². The first kappa shape index (κ1) is 11.1. The van der Waals surface area contributed by atoms with Crippen molar-refractivity contribution in [1.29, 1.82) is 0 Å². The highest BCUT2D eigenvalue weighted by molar-refractivity contribution is 7.91. The van der Waals surface area contributed by atoms with Crippen LogP contribution in [0.5, 0.6) is 0 Å². The Morgan fingerprint density at radius 3 is 2.43 bits per heavy atom. The molecule has 14 heavy (non-hydrogen) atoms. The molecule has 0 bridgehead atoms. The van der Waals surface area contributed by atoms with Crippen LogP contribution in [-0.4, -0.2) is 24.8 Å². The summed E-state index contributed by atoms with van der Waals surface area (Å²) in [5.74, 6) is -0.434. The van der Waals surface area contributed by atoms with Crippen molar-refractivity contribution in [1.82, 2.24) is 4.98 Å². The molecule has 0 amide bonds. The fourth-order valence-electron chi connectivity index (χ4n) is 1.06. The largest absolute Gasteiger partial charge is 0.245 e. The van der Waals surface area contributed by atoms with Crippen LogP contribution in [0.4, 0.5) is 0 Å². The zero-order chi connectivity index (χ0) is 10.8.